The van der Waals surface area contributed by atoms with Crippen LogP contribution in [0.25, 0.3) is 11.1 Å². The molecule has 2 aromatic rings. The average molecular weight is 218 g/mol. The minimum atomic E-state index is 0.266. The molecule has 0 aliphatic carbocycles. The minimum absolute atomic E-state index is 0.266. The Labute approximate surface area is 93.3 Å². The Hall–Kier alpha value is -1.55. The van der Waals surface area contributed by atoms with Crippen molar-refractivity contribution in [1.29, 1.82) is 0 Å². The lowest BCUT2D eigenvalue weighted by Crippen LogP contribution is -2.26. The maximum Gasteiger partial charge on any atom is 0.196 e. The van der Waals surface area contributed by atoms with Crippen LogP contribution in [0.3, 0.4) is 0 Å². The first kappa shape index (κ1) is 9.66. The first-order valence-electron chi connectivity index (χ1n) is 5.62. The molecule has 0 bridgehead atoms. The predicted molar refractivity (Wildman–Crippen MR) is 60.5 cm³/mol. The lowest BCUT2D eigenvalue weighted by molar-refractivity contribution is 0.421. The molecule has 16 heavy (non-hydrogen) atoms. The van der Waals surface area contributed by atoms with Gasteiger partial charge in [0.05, 0.1) is 0 Å². The zero-order valence-electron chi connectivity index (χ0n) is 8.94. The van der Waals surface area contributed by atoms with Crippen molar-refractivity contribution in [2.24, 2.45) is 0 Å². The number of aromatic hydroxyl groups is 1. The molecule has 84 valence electrons. The number of rotatable bonds is 1. The molecule has 0 radical (unpaired) electrons. The molecular formula is C12H14N2O2. The summed E-state index contributed by atoms with van der Waals surface area (Å²) in [6, 6.07) is 3.88. The zero-order chi connectivity index (χ0) is 11.0. The third-order valence-electron chi connectivity index (χ3n) is 3.28. The Balaban J connectivity index is 2.05. The Morgan fingerprint density at radius 3 is 2.94 bits per heavy atom. The first-order chi connectivity index (χ1) is 7.86. The van der Waals surface area contributed by atoms with E-state index in [1.165, 1.54) is 6.39 Å². The highest BCUT2D eigenvalue weighted by Gasteiger charge is 2.20. The highest BCUT2D eigenvalue weighted by atomic mass is 16.4. The molecule has 1 aliphatic rings. The number of oxazole rings is 1. The van der Waals surface area contributed by atoms with Crippen molar-refractivity contribution in [3.63, 3.8) is 0 Å². The summed E-state index contributed by atoms with van der Waals surface area (Å²) in [5, 5.41) is 13.5. The van der Waals surface area contributed by atoms with Crippen molar-refractivity contribution in [1.82, 2.24) is 10.3 Å². The quantitative estimate of drug-likeness (QED) is 0.768. The van der Waals surface area contributed by atoms with Crippen LogP contribution in [-0.4, -0.2) is 23.2 Å². The summed E-state index contributed by atoms with van der Waals surface area (Å²) in [5.74, 6) is 0.692. The summed E-state index contributed by atoms with van der Waals surface area (Å²) in [5.41, 5.74) is 2.22. The number of nitrogens with one attached hydrogen (secondary N) is 1. The maximum atomic E-state index is 10.1. The van der Waals surface area contributed by atoms with E-state index in [9.17, 15) is 5.11 Å². The van der Waals surface area contributed by atoms with Crippen molar-refractivity contribution >= 4 is 11.1 Å². The number of fused-ring (bicyclic) bond motifs is 1. The second-order valence-electron chi connectivity index (χ2n) is 4.23. The van der Waals surface area contributed by atoms with Gasteiger partial charge < -0.3 is 14.8 Å². The van der Waals surface area contributed by atoms with E-state index >= 15 is 0 Å². The summed E-state index contributed by atoms with van der Waals surface area (Å²) in [6.45, 7) is 2.02. The van der Waals surface area contributed by atoms with Gasteiger partial charge in [-0.05, 0) is 37.9 Å². The molecule has 0 atom stereocenters. The van der Waals surface area contributed by atoms with Crippen LogP contribution in [-0.2, 0) is 0 Å². The van der Waals surface area contributed by atoms with Crippen LogP contribution in [0.2, 0.25) is 0 Å². The van der Waals surface area contributed by atoms with Gasteiger partial charge >= 0.3 is 0 Å². The predicted octanol–water partition coefficient (Wildman–Crippen LogP) is 2.00. The minimum Gasteiger partial charge on any atom is -0.504 e. The summed E-state index contributed by atoms with van der Waals surface area (Å²) < 4.78 is 5.20. The SMILES string of the molecule is Oc1c(C2CCNCC2)ccc2ncoc12. The normalized spacial score (nSPS) is 18.0. The fraction of sp³-hybridized carbons (Fsp3) is 0.417. The molecule has 4 heteroatoms. The van der Waals surface area contributed by atoms with Gasteiger partial charge in [0.25, 0.3) is 0 Å². The number of hydrogen-bond donors (Lipinski definition) is 2. The number of hydrogen-bond acceptors (Lipinski definition) is 4. The van der Waals surface area contributed by atoms with Gasteiger partial charge in [0.1, 0.15) is 5.52 Å². The number of piperidine rings is 1. The molecule has 1 saturated heterocycles. The Kier molecular flexibility index (Phi) is 2.29. The number of nitrogens with zero attached hydrogens (tertiary/aromatic N) is 1. The third kappa shape index (κ3) is 1.46. The van der Waals surface area contributed by atoms with E-state index in [4.69, 9.17) is 4.42 Å². The Bertz CT molecular complexity index is 501. The van der Waals surface area contributed by atoms with Crippen LogP contribution < -0.4 is 5.32 Å². The van der Waals surface area contributed by atoms with Crippen LogP contribution in [0, 0.1) is 0 Å². The number of phenolic OH excluding ortho intramolecular Hbond substituents is 1. The molecule has 0 unspecified atom stereocenters. The third-order valence-corrected chi connectivity index (χ3v) is 3.28. The van der Waals surface area contributed by atoms with Crippen molar-refractivity contribution in [3.05, 3.63) is 24.1 Å². The fourth-order valence-electron chi connectivity index (χ4n) is 2.39. The molecule has 0 saturated carbocycles. The molecule has 2 heterocycles. The number of aromatic nitrogens is 1. The second kappa shape index (κ2) is 3.79. The van der Waals surface area contributed by atoms with Gasteiger partial charge in [-0.15, -0.1) is 0 Å². The lowest BCUT2D eigenvalue weighted by Gasteiger charge is -2.23. The van der Waals surface area contributed by atoms with E-state index in [1.807, 2.05) is 12.1 Å². The van der Waals surface area contributed by atoms with Gasteiger partial charge in [0.15, 0.2) is 17.7 Å². The van der Waals surface area contributed by atoms with E-state index in [-0.39, 0.29) is 5.75 Å². The van der Waals surface area contributed by atoms with E-state index < -0.39 is 0 Å². The average Bonchev–Trinajstić information content (AvgIpc) is 2.80. The van der Waals surface area contributed by atoms with E-state index in [0.29, 0.717) is 11.5 Å². The van der Waals surface area contributed by atoms with Crippen LogP contribution in [0.4, 0.5) is 0 Å². The van der Waals surface area contributed by atoms with Gasteiger partial charge in [-0.1, -0.05) is 6.07 Å². The molecule has 1 aliphatic heterocycles. The summed E-state index contributed by atoms with van der Waals surface area (Å²) >= 11 is 0. The van der Waals surface area contributed by atoms with Crippen LogP contribution in [0.15, 0.2) is 22.9 Å². The molecule has 3 rings (SSSR count). The van der Waals surface area contributed by atoms with Crippen LogP contribution in [0.1, 0.15) is 24.3 Å². The monoisotopic (exact) mass is 218 g/mol. The van der Waals surface area contributed by atoms with Gasteiger partial charge in [0, 0.05) is 5.56 Å². The number of phenols is 1. The van der Waals surface area contributed by atoms with Gasteiger partial charge in [-0.25, -0.2) is 4.98 Å². The van der Waals surface area contributed by atoms with Gasteiger partial charge in [-0.3, -0.25) is 0 Å². The Morgan fingerprint density at radius 1 is 1.31 bits per heavy atom. The summed E-state index contributed by atoms with van der Waals surface area (Å²) in [4.78, 5) is 4.03. The zero-order valence-corrected chi connectivity index (χ0v) is 8.94. The number of benzene rings is 1. The van der Waals surface area contributed by atoms with E-state index in [1.54, 1.807) is 0 Å². The van der Waals surface area contributed by atoms with Crippen LogP contribution >= 0.6 is 0 Å². The van der Waals surface area contributed by atoms with Crippen molar-refractivity contribution in [2.75, 3.05) is 13.1 Å². The van der Waals surface area contributed by atoms with Crippen LogP contribution in [0.5, 0.6) is 5.75 Å². The fourth-order valence-corrected chi connectivity index (χ4v) is 2.39. The lowest BCUT2D eigenvalue weighted by atomic mass is 9.89. The Morgan fingerprint density at radius 2 is 2.12 bits per heavy atom. The van der Waals surface area contributed by atoms with Crippen molar-refractivity contribution < 1.29 is 9.52 Å². The molecule has 0 spiro atoms. The van der Waals surface area contributed by atoms with Crippen molar-refractivity contribution in [3.8, 4) is 5.75 Å². The van der Waals surface area contributed by atoms with Gasteiger partial charge in [-0.2, -0.15) is 0 Å². The molecule has 0 amide bonds. The second-order valence-corrected chi connectivity index (χ2v) is 4.23. The smallest absolute Gasteiger partial charge is 0.196 e. The maximum absolute atomic E-state index is 10.1. The topological polar surface area (TPSA) is 58.3 Å². The summed E-state index contributed by atoms with van der Waals surface area (Å²) in [7, 11) is 0. The standard InChI is InChI=1S/C12H14N2O2/c15-11-9(8-3-5-13-6-4-8)1-2-10-12(11)16-7-14-10/h1-2,7-8,13,15H,3-6H2. The van der Waals surface area contributed by atoms with Crippen molar-refractivity contribution in [2.45, 2.75) is 18.8 Å². The van der Waals surface area contributed by atoms with E-state index in [2.05, 4.69) is 10.3 Å². The molecule has 1 aromatic heterocycles. The molecule has 1 aromatic carbocycles. The molecule has 2 N–H and O–H groups in total. The van der Waals surface area contributed by atoms with Gasteiger partial charge in [0.2, 0.25) is 0 Å². The highest BCUT2D eigenvalue weighted by Crippen LogP contribution is 2.36. The molecule has 4 nitrogen and oxygen atoms in total. The molecule has 1 fully saturated rings. The largest absolute Gasteiger partial charge is 0.504 e. The highest BCUT2D eigenvalue weighted by molar-refractivity contribution is 5.80. The summed E-state index contributed by atoms with van der Waals surface area (Å²) in [6.07, 6.45) is 3.50. The molecular weight excluding hydrogens is 204 g/mol. The first-order valence-corrected chi connectivity index (χ1v) is 5.62. The van der Waals surface area contributed by atoms with E-state index in [0.717, 1.165) is 37.0 Å².